The fourth-order valence-electron chi connectivity index (χ4n) is 5.72. The van der Waals surface area contributed by atoms with Gasteiger partial charge in [0.2, 0.25) is 0 Å². The van der Waals surface area contributed by atoms with E-state index >= 15 is 0 Å². The van der Waals surface area contributed by atoms with Crippen molar-refractivity contribution in [2.24, 2.45) is 13.0 Å². The first-order valence-electron chi connectivity index (χ1n) is 15.1. The number of pyridine rings is 1. The Hall–Kier alpha value is -4.24. The molecule has 0 spiro atoms. The molecule has 1 atom stereocenters. The smallest absolute Gasteiger partial charge is 0.261 e. The molecule has 0 fully saturated rings. The van der Waals surface area contributed by atoms with E-state index in [-0.39, 0.29) is 16.9 Å². The van der Waals surface area contributed by atoms with Gasteiger partial charge in [0.05, 0.1) is 28.8 Å². The molecule has 0 bridgehead atoms. The van der Waals surface area contributed by atoms with Crippen molar-refractivity contribution in [2.45, 2.75) is 32.7 Å². The fourth-order valence-corrected chi connectivity index (χ4v) is 10.5. The molecule has 5 rings (SSSR count). The molecule has 3 N–H and O–H groups in total. The number of halogens is 1. The van der Waals surface area contributed by atoms with Crippen LogP contribution in [0.3, 0.4) is 0 Å². The van der Waals surface area contributed by atoms with Gasteiger partial charge in [0.25, 0.3) is 14.2 Å². The standard InChI is InChI=1S/C36H40ClN5O2Si/c1-25(24-44-45(36(2,3)4,29-12-8-6-9-13-29)30-14-10-7-11-15-30)21-39-35(43)31-20-32(26-16-18-28(37)19-17-26)41-34(33(31)38)27-22-40-42(5)23-27/h6-20,22-23,25H,21,24,38H2,1-5H3,(H,39,43). The number of nitrogens with zero attached hydrogens (tertiary/aromatic N) is 3. The van der Waals surface area contributed by atoms with E-state index < -0.39 is 8.32 Å². The molecule has 1 amide bonds. The molecule has 1 unspecified atom stereocenters. The summed E-state index contributed by atoms with van der Waals surface area (Å²) in [6.45, 7) is 9.77. The molecule has 0 saturated carbocycles. The van der Waals surface area contributed by atoms with Crippen LogP contribution in [0.25, 0.3) is 22.5 Å². The molecule has 0 aliphatic rings. The number of nitrogens with two attached hydrogens (primary N) is 1. The van der Waals surface area contributed by atoms with Gasteiger partial charge in [-0.3, -0.25) is 9.48 Å². The molecule has 0 saturated heterocycles. The molecule has 232 valence electrons. The predicted molar refractivity (Wildman–Crippen MR) is 186 cm³/mol. The van der Waals surface area contributed by atoms with Crippen LogP contribution in [0, 0.1) is 5.92 Å². The van der Waals surface area contributed by atoms with E-state index in [2.05, 4.69) is 86.6 Å². The number of amides is 1. The van der Waals surface area contributed by atoms with Gasteiger partial charge in [-0.2, -0.15) is 5.10 Å². The van der Waals surface area contributed by atoms with Crippen LogP contribution in [0.15, 0.2) is 103 Å². The lowest BCUT2D eigenvalue weighted by molar-refractivity contribution is 0.0944. The Balaban J connectivity index is 1.39. The maximum atomic E-state index is 13.7. The average Bonchev–Trinajstić information content (AvgIpc) is 3.47. The lowest BCUT2D eigenvalue weighted by Gasteiger charge is -2.43. The van der Waals surface area contributed by atoms with Gasteiger partial charge in [-0.1, -0.05) is 112 Å². The molecule has 5 aromatic rings. The Labute approximate surface area is 271 Å². The van der Waals surface area contributed by atoms with E-state index in [0.29, 0.717) is 40.8 Å². The summed E-state index contributed by atoms with van der Waals surface area (Å²) in [5, 5.41) is 10.3. The first kappa shape index (κ1) is 32.2. The zero-order chi connectivity index (χ0) is 32.2. The van der Waals surface area contributed by atoms with Crippen molar-refractivity contribution in [3.8, 4) is 22.5 Å². The molecule has 2 heterocycles. The minimum Gasteiger partial charge on any atom is -0.407 e. The number of nitrogen functional groups attached to an aromatic ring is 1. The number of rotatable bonds is 10. The van der Waals surface area contributed by atoms with E-state index in [1.54, 1.807) is 29.1 Å². The van der Waals surface area contributed by atoms with Crippen LogP contribution >= 0.6 is 11.6 Å². The molecule has 0 aliphatic heterocycles. The van der Waals surface area contributed by atoms with Gasteiger partial charge in [0, 0.05) is 42.5 Å². The third-order valence-electron chi connectivity index (χ3n) is 8.03. The third kappa shape index (κ3) is 6.88. The minimum absolute atomic E-state index is 0.0344. The second kappa shape index (κ2) is 13.4. The summed E-state index contributed by atoms with van der Waals surface area (Å²) in [4.78, 5) is 18.5. The first-order valence-corrected chi connectivity index (χ1v) is 17.4. The molecule has 0 aliphatic carbocycles. The normalized spacial score (nSPS) is 12.6. The summed E-state index contributed by atoms with van der Waals surface area (Å²) in [5.41, 5.74) is 9.93. The van der Waals surface area contributed by atoms with E-state index in [9.17, 15) is 4.79 Å². The summed E-state index contributed by atoms with van der Waals surface area (Å²) >= 11 is 6.13. The van der Waals surface area contributed by atoms with Crippen LogP contribution in [0.5, 0.6) is 0 Å². The Kier molecular flexibility index (Phi) is 9.58. The van der Waals surface area contributed by atoms with Gasteiger partial charge in [0.1, 0.15) is 0 Å². The average molecular weight is 638 g/mol. The van der Waals surface area contributed by atoms with Gasteiger partial charge in [-0.05, 0) is 39.5 Å². The summed E-state index contributed by atoms with van der Waals surface area (Å²) in [7, 11) is -0.865. The number of carbonyl (C=O) groups is 1. The van der Waals surface area contributed by atoms with Crippen molar-refractivity contribution >= 4 is 41.9 Å². The van der Waals surface area contributed by atoms with Crippen LogP contribution in [-0.2, 0) is 11.5 Å². The van der Waals surface area contributed by atoms with E-state index in [1.807, 2.05) is 37.5 Å². The highest BCUT2D eigenvalue weighted by molar-refractivity contribution is 6.99. The van der Waals surface area contributed by atoms with Crippen molar-refractivity contribution in [3.63, 3.8) is 0 Å². The van der Waals surface area contributed by atoms with Crippen LogP contribution < -0.4 is 21.4 Å². The molecule has 3 aromatic carbocycles. The number of hydrogen-bond donors (Lipinski definition) is 2. The van der Waals surface area contributed by atoms with Crippen LogP contribution in [0.4, 0.5) is 5.69 Å². The lowest BCUT2D eigenvalue weighted by Crippen LogP contribution is -2.67. The lowest BCUT2D eigenvalue weighted by atomic mass is 10.0. The van der Waals surface area contributed by atoms with Crippen molar-refractivity contribution in [3.05, 3.63) is 114 Å². The highest BCUT2D eigenvalue weighted by atomic mass is 35.5. The van der Waals surface area contributed by atoms with E-state index in [4.69, 9.17) is 26.7 Å². The van der Waals surface area contributed by atoms with Crippen LogP contribution in [0.2, 0.25) is 10.1 Å². The molecule has 45 heavy (non-hydrogen) atoms. The highest BCUT2D eigenvalue weighted by Gasteiger charge is 2.50. The number of nitrogens with one attached hydrogen (secondary N) is 1. The SMILES string of the molecule is CC(CNC(=O)c1cc(-c2ccc(Cl)cc2)nc(-c2cnn(C)c2)c1N)CO[Si](c1ccccc1)(c1ccccc1)C(C)(C)C. The molecular weight excluding hydrogens is 598 g/mol. The molecular formula is C36H40ClN5O2Si. The number of aromatic nitrogens is 3. The van der Waals surface area contributed by atoms with Gasteiger partial charge in [-0.15, -0.1) is 0 Å². The molecule has 7 nitrogen and oxygen atoms in total. The summed E-state index contributed by atoms with van der Waals surface area (Å²) < 4.78 is 8.77. The quantitative estimate of drug-likeness (QED) is 0.175. The fraction of sp³-hybridized carbons (Fsp3) is 0.250. The Morgan fingerprint density at radius 3 is 2.11 bits per heavy atom. The Bertz CT molecular complexity index is 1710. The summed E-state index contributed by atoms with van der Waals surface area (Å²) in [6, 6.07) is 30.2. The van der Waals surface area contributed by atoms with E-state index in [0.717, 1.165) is 11.1 Å². The number of anilines is 1. The van der Waals surface area contributed by atoms with Crippen molar-refractivity contribution in [1.29, 1.82) is 0 Å². The molecule has 2 aromatic heterocycles. The summed E-state index contributed by atoms with van der Waals surface area (Å²) in [6.07, 6.45) is 3.52. The second-order valence-electron chi connectivity index (χ2n) is 12.5. The Morgan fingerprint density at radius 2 is 1.58 bits per heavy atom. The molecule has 0 radical (unpaired) electrons. The zero-order valence-corrected chi connectivity index (χ0v) is 28.2. The second-order valence-corrected chi connectivity index (χ2v) is 17.3. The van der Waals surface area contributed by atoms with Crippen LogP contribution in [0.1, 0.15) is 38.1 Å². The predicted octanol–water partition coefficient (Wildman–Crippen LogP) is 6.33. The van der Waals surface area contributed by atoms with E-state index in [1.165, 1.54) is 10.4 Å². The van der Waals surface area contributed by atoms with Gasteiger partial charge >= 0.3 is 0 Å². The topological polar surface area (TPSA) is 95.1 Å². The minimum atomic E-state index is -2.69. The monoisotopic (exact) mass is 637 g/mol. The zero-order valence-electron chi connectivity index (χ0n) is 26.4. The van der Waals surface area contributed by atoms with Gasteiger partial charge in [0.15, 0.2) is 0 Å². The number of carbonyl (C=O) groups excluding carboxylic acids is 1. The van der Waals surface area contributed by atoms with Gasteiger partial charge < -0.3 is 15.5 Å². The number of aryl methyl sites for hydroxylation is 1. The van der Waals surface area contributed by atoms with Gasteiger partial charge in [-0.25, -0.2) is 4.98 Å². The maximum Gasteiger partial charge on any atom is 0.261 e. The first-order chi connectivity index (χ1) is 21.5. The van der Waals surface area contributed by atoms with Crippen LogP contribution in [-0.4, -0.2) is 42.1 Å². The van der Waals surface area contributed by atoms with Crippen molar-refractivity contribution < 1.29 is 9.22 Å². The van der Waals surface area contributed by atoms with Crippen molar-refractivity contribution in [1.82, 2.24) is 20.1 Å². The summed E-state index contributed by atoms with van der Waals surface area (Å²) in [5.74, 6) is -0.236. The third-order valence-corrected chi connectivity index (χ3v) is 13.3. The number of benzene rings is 3. The Morgan fingerprint density at radius 1 is 0.978 bits per heavy atom. The molecule has 9 heteroatoms. The highest BCUT2D eigenvalue weighted by Crippen LogP contribution is 2.37. The largest absolute Gasteiger partial charge is 0.407 e. The number of hydrogen-bond acceptors (Lipinski definition) is 5. The maximum absolute atomic E-state index is 13.7. The van der Waals surface area contributed by atoms with Crippen molar-refractivity contribution in [2.75, 3.05) is 18.9 Å².